The van der Waals surface area contributed by atoms with E-state index in [0.717, 1.165) is 22.5 Å². The summed E-state index contributed by atoms with van der Waals surface area (Å²) in [7, 11) is 1.84. The van der Waals surface area contributed by atoms with Crippen molar-refractivity contribution in [2.45, 2.75) is 13.3 Å². The summed E-state index contributed by atoms with van der Waals surface area (Å²) in [4.78, 5) is 8.35. The van der Waals surface area contributed by atoms with Gasteiger partial charge in [-0.3, -0.25) is 0 Å². The van der Waals surface area contributed by atoms with Crippen LogP contribution in [0.15, 0.2) is 10.7 Å². The second-order valence-electron chi connectivity index (χ2n) is 2.09. The Morgan fingerprint density at radius 1 is 1.64 bits per heavy atom. The first-order chi connectivity index (χ1) is 5.27. The third kappa shape index (κ3) is 1.89. The summed E-state index contributed by atoms with van der Waals surface area (Å²) in [5.41, 5.74) is 0. The van der Waals surface area contributed by atoms with Crippen LogP contribution in [0.1, 0.15) is 12.7 Å². The molecule has 0 aromatic carbocycles. The van der Waals surface area contributed by atoms with Gasteiger partial charge in [-0.25, -0.2) is 9.97 Å². The summed E-state index contributed by atoms with van der Waals surface area (Å²) >= 11 is 3.33. The molecule has 0 amide bonds. The Hall–Kier alpha value is -0.640. The number of nitrogens with zero attached hydrogens (tertiary/aromatic N) is 2. The van der Waals surface area contributed by atoms with Gasteiger partial charge >= 0.3 is 0 Å². The molecule has 0 bridgehead atoms. The lowest BCUT2D eigenvalue weighted by Gasteiger charge is -2.02. The van der Waals surface area contributed by atoms with Crippen LogP contribution in [0.25, 0.3) is 0 Å². The first-order valence-corrected chi connectivity index (χ1v) is 4.26. The average Bonchev–Trinajstić information content (AvgIpc) is 2.05. The maximum atomic E-state index is 4.24. The zero-order valence-corrected chi connectivity index (χ0v) is 8.14. The summed E-state index contributed by atoms with van der Waals surface area (Å²) in [6, 6.07) is 0. The summed E-state index contributed by atoms with van der Waals surface area (Å²) in [6.07, 6.45) is 2.62. The summed E-state index contributed by atoms with van der Waals surface area (Å²) in [5.74, 6) is 1.70. The number of hydrogen-bond acceptors (Lipinski definition) is 3. The quantitative estimate of drug-likeness (QED) is 0.819. The second kappa shape index (κ2) is 3.67. The fourth-order valence-corrected chi connectivity index (χ4v) is 1.14. The van der Waals surface area contributed by atoms with E-state index < -0.39 is 0 Å². The molecule has 0 atom stereocenters. The predicted octanol–water partition coefficient (Wildman–Crippen LogP) is 1.84. The second-order valence-corrected chi connectivity index (χ2v) is 2.94. The number of halogens is 1. The molecule has 1 heterocycles. The predicted molar refractivity (Wildman–Crippen MR) is 48.7 cm³/mol. The van der Waals surface area contributed by atoms with Gasteiger partial charge in [0.2, 0.25) is 0 Å². The van der Waals surface area contributed by atoms with Crippen LogP contribution < -0.4 is 5.32 Å². The molecular weight excluding hydrogens is 206 g/mol. The third-order valence-corrected chi connectivity index (χ3v) is 1.93. The highest BCUT2D eigenvalue weighted by atomic mass is 79.9. The van der Waals surface area contributed by atoms with Crippen LogP contribution in [0.5, 0.6) is 0 Å². The molecule has 1 aromatic heterocycles. The minimum atomic E-state index is 0.844. The van der Waals surface area contributed by atoms with E-state index in [1.165, 1.54) is 0 Å². The lowest BCUT2D eigenvalue weighted by molar-refractivity contribution is 0.936. The molecule has 1 N–H and O–H groups in total. The monoisotopic (exact) mass is 215 g/mol. The van der Waals surface area contributed by atoms with Crippen molar-refractivity contribution in [2.75, 3.05) is 12.4 Å². The smallest absolute Gasteiger partial charge is 0.143 e. The van der Waals surface area contributed by atoms with Crippen molar-refractivity contribution in [3.05, 3.63) is 16.5 Å². The van der Waals surface area contributed by atoms with E-state index in [1.807, 2.05) is 14.0 Å². The van der Waals surface area contributed by atoms with Crippen molar-refractivity contribution in [1.29, 1.82) is 0 Å². The summed E-state index contributed by atoms with van der Waals surface area (Å²) in [5, 5.41) is 2.97. The van der Waals surface area contributed by atoms with Gasteiger partial charge in [0, 0.05) is 19.7 Å². The van der Waals surface area contributed by atoms with Gasteiger partial charge in [-0.15, -0.1) is 0 Å². The fourth-order valence-electron chi connectivity index (χ4n) is 0.749. The molecule has 0 aliphatic carbocycles. The number of hydrogen-bond donors (Lipinski definition) is 1. The van der Waals surface area contributed by atoms with Crippen molar-refractivity contribution in [3.8, 4) is 0 Å². The Bertz CT molecular complexity index is 249. The van der Waals surface area contributed by atoms with E-state index in [2.05, 4.69) is 31.2 Å². The van der Waals surface area contributed by atoms with E-state index in [-0.39, 0.29) is 0 Å². The zero-order chi connectivity index (χ0) is 8.27. The molecular formula is C7H10BrN3. The highest BCUT2D eigenvalue weighted by Gasteiger charge is 2.00. The number of rotatable bonds is 2. The van der Waals surface area contributed by atoms with E-state index in [9.17, 15) is 0 Å². The Labute approximate surface area is 74.4 Å². The molecule has 0 fully saturated rings. The minimum Gasteiger partial charge on any atom is -0.372 e. The molecule has 60 valence electrons. The Balaban J connectivity index is 3.02. The minimum absolute atomic E-state index is 0.844. The van der Waals surface area contributed by atoms with Crippen LogP contribution in [0.3, 0.4) is 0 Å². The van der Waals surface area contributed by atoms with Crippen molar-refractivity contribution >= 4 is 21.7 Å². The molecule has 4 heteroatoms. The van der Waals surface area contributed by atoms with Crippen LogP contribution in [-0.4, -0.2) is 17.0 Å². The SMILES string of the molecule is CCc1ncc(Br)c(NC)n1. The summed E-state index contributed by atoms with van der Waals surface area (Å²) in [6.45, 7) is 2.03. The summed E-state index contributed by atoms with van der Waals surface area (Å²) < 4.78 is 0.900. The van der Waals surface area contributed by atoms with E-state index in [4.69, 9.17) is 0 Å². The maximum Gasteiger partial charge on any atom is 0.143 e. The lowest BCUT2D eigenvalue weighted by Crippen LogP contribution is -1.99. The number of nitrogens with one attached hydrogen (secondary N) is 1. The Morgan fingerprint density at radius 3 is 2.91 bits per heavy atom. The maximum absolute atomic E-state index is 4.24. The van der Waals surface area contributed by atoms with Crippen LogP contribution in [0.2, 0.25) is 0 Å². The van der Waals surface area contributed by atoms with Crippen LogP contribution in [-0.2, 0) is 6.42 Å². The molecule has 0 unspecified atom stereocenters. The van der Waals surface area contributed by atoms with Gasteiger partial charge in [0.1, 0.15) is 11.6 Å². The highest BCUT2D eigenvalue weighted by Crippen LogP contribution is 2.17. The third-order valence-electron chi connectivity index (χ3n) is 1.35. The largest absolute Gasteiger partial charge is 0.372 e. The van der Waals surface area contributed by atoms with Crippen molar-refractivity contribution < 1.29 is 0 Å². The van der Waals surface area contributed by atoms with Crippen molar-refractivity contribution in [3.63, 3.8) is 0 Å². The standard InChI is InChI=1S/C7H10BrN3/c1-3-6-10-4-5(8)7(9-2)11-6/h4H,3H2,1-2H3,(H,9,10,11). The molecule has 1 aromatic rings. The molecule has 0 aliphatic rings. The first kappa shape index (κ1) is 8.46. The van der Waals surface area contributed by atoms with Gasteiger partial charge in [0.15, 0.2) is 0 Å². The normalized spacial score (nSPS) is 9.73. The number of aryl methyl sites for hydroxylation is 1. The van der Waals surface area contributed by atoms with Crippen LogP contribution >= 0.6 is 15.9 Å². The Morgan fingerprint density at radius 2 is 2.36 bits per heavy atom. The van der Waals surface area contributed by atoms with Gasteiger partial charge in [-0.1, -0.05) is 6.92 Å². The van der Waals surface area contributed by atoms with E-state index in [1.54, 1.807) is 6.20 Å². The molecule has 0 aliphatic heterocycles. The van der Waals surface area contributed by atoms with Crippen molar-refractivity contribution in [1.82, 2.24) is 9.97 Å². The van der Waals surface area contributed by atoms with E-state index in [0.29, 0.717) is 0 Å². The molecule has 1 rings (SSSR count). The molecule has 0 saturated carbocycles. The lowest BCUT2D eigenvalue weighted by atomic mass is 10.4. The van der Waals surface area contributed by atoms with E-state index >= 15 is 0 Å². The zero-order valence-electron chi connectivity index (χ0n) is 6.56. The first-order valence-electron chi connectivity index (χ1n) is 3.47. The Kier molecular flexibility index (Phi) is 2.82. The van der Waals surface area contributed by atoms with Gasteiger partial charge < -0.3 is 5.32 Å². The molecule has 0 spiro atoms. The van der Waals surface area contributed by atoms with Crippen LogP contribution in [0, 0.1) is 0 Å². The van der Waals surface area contributed by atoms with Crippen LogP contribution in [0.4, 0.5) is 5.82 Å². The van der Waals surface area contributed by atoms with Gasteiger partial charge in [0.05, 0.1) is 4.47 Å². The highest BCUT2D eigenvalue weighted by molar-refractivity contribution is 9.10. The fraction of sp³-hybridized carbons (Fsp3) is 0.429. The van der Waals surface area contributed by atoms with Crippen molar-refractivity contribution in [2.24, 2.45) is 0 Å². The van der Waals surface area contributed by atoms with Gasteiger partial charge in [-0.05, 0) is 15.9 Å². The molecule has 0 radical (unpaired) electrons. The average molecular weight is 216 g/mol. The van der Waals surface area contributed by atoms with Gasteiger partial charge in [0.25, 0.3) is 0 Å². The van der Waals surface area contributed by atoms with Gasteiger partial charge in [-0.2, -0.15) is 0 Å². The topological polar surface area (TPSA) is 37.8 Å². The molecule has 3 nitrogen and oxygen atoms in total. The molecule has 0 saturated heterocycles. The number of aromatic nitrogens is 2. The number of anilines is 1. The molecule has 11 heavy (non-hydrogen) atoms.